The van der Waals surface area contributed by atoms with Crippen LogP contribution in [0.5, 0.6) is 5.75 Å². The predicted molar refractivity (Wildman–Crippen MR) is 94.2 cm³/mol. The Morgan fingerprint density at radius 1 is 0.926 bits per heavy atom. The molecule has 144 valence electrons. The second-order valence-electron chi connectivity index (χ2n) is 5.92. The Balaban J connectivity index is 2.08. The lowest BCUT2D eigenvalue weighted by atomic mass is 9.92. The predicted octanol–water partition coefficient (Wildman–Crippen LogP) is 6.24. The average molecular weight is 382 g/mol. The first-order valence-corrected chi connectivity index (χ1v) is 8.32. The van der Waals surface area contributed by atoms with Crippen LogP contribution in [0.15, 0.2) is 49.1 Å². The Kier molecular flexibility index (Phi) is 7.16. The molecule has 0 saturated heterocycles. The summed E-state index contributed by atoms with van der Waals surface area (Å²) in [5, 5.41) is 0. The zero-order chi connectivity index (χ0) is 20.0. The van der Waals surface area contributed by atoms with Gasteiger partial charge in [-0.3, -0.25) is 0 Å². The molecule has 0 radical (unpaired) electrons. The number of ether oxygens (including phenoxy) is 1. The van der Waals surface area contributed by atoms with Gasteiger partial charge in [0.1, 0.15) is 5.82 Å². The fraction of sp³-hybridized carbons (Fsp3) is 0.238. The molecule has 1 nitrogen and oxygen atoms in total. The van der Waals surface area contributed by atoms with Gasteiger partial charge in [0.15, 0.2) is 17.4 Å². The second kappa shape index (κ2) is 9.35. The molecule has 0 aliphatic rings. The number of hydrogen-bond acceptors (Lipinski definition) is 1. The number of rotatable bonds is 8. The van der Waals surface area contributed by atoms with Crippen molar-refractivity contribution in [2.75, 3.05) is 7.11 Å². The van der Waals surface area contributed by atoms with Crippen LogP contribution in [0, 0.1) is 29.1 Å². The summed E-state index contributed by atoms with van der Waals surface area (Å²) in [6, 6.07) is 6.02. The standard InChI is InChI=1S/C21H19F5O/c1-3-14(8-6-4-5-7-13-9-11-15(22)12-10-13)16-17(23)19(25)21(27-2)20(26)18(16)24/h3-5,9-12,14H,1,6-8H2,2H3/b5-4+. The lowest BCUT2D eigenvalue weighted by Gasteiger charge is -2.16. The summed E-state index contributed by atoms with van der Waals surface area (Å²) in [5.74, 6) is -8.40. The summed E-state index contributed by atoms with van der Waals surface area (Å²) < 4.78 is 73.4. The van der Waals surface area contributed by atoms with Gasteiger partial charge >= 0.3 is 0 Å². The van der Waals surface area contributed by atoms with E-state index in [4.69, 9.17) is 0 Å². The maximum atomic E-state index is 14.2. The first-order valence-electron chi connectivity index (χ1n) is 8.32. The third-order valence-corrected chi connectivity index (χ3v) is 4.19. The van der Waals surface area contributed by atoms with Crippen molar-refractivity contribution in [3.63, 3.8) is 0 Å². The summed E-state index contributed by atoms with van der Waals surface area (Å²) in [5.41, 5.74) is 0.206. The van der Waals surface area contributed by atoms with Gasteiger partial charge < -0.3 is 4.74 Å². The Morgan fingerprint density at radius 3 is 2.04 bits per heavy atom. The number of hydrogen-bond donors (Lipinski definition) is 0. The maximum absolute atomic E-state index is 14.2. The molecule has 2 aromatic rings. The molecule has 2 aromatic carbocycles. The van der Waals surface area contributed by atoms with E-state index in [1.807, 2.05) is 6.08 Å². The largest absolute Gasteiger partial charge is 0.491 e. The summed E-state index contributed by atoms with van der Waals surface area (Å²) in [7, 11) is 0.928. The van der Waals surface area contributed by atoms with Crippen molar-refractivity contribution in [2.24, 2.45) is 0 Å². The number of halogens is 5. The van der Waals surface area contributed by atoms with Crippen molar-refractivity contribution >= 4 is 0 Å². The minimum atomic E-state index is -1.56. The van der Waals surface area contributed by atoms with Crippen molar-refractivity contribution in [2.45, 2.75) is 25.2 Å². The lowest BCUT2D eigenvalue weighted by molar-refractivity contribution is 0.327. The van der Waals surface area contributed by atoms with Crippen molar-refractivity contribution in [1.29, 1.82) is 0 Å². The van der Waals surface area contributed by atoms with Crippen molar-refractivity contribution < 1.29 is 26.7 Å². The molecule has 0 amide bonds. The van der Waals surface area contributed by atoms with E-state index in [9.17, 15) is 22.0 Å². The van der Waals surface area contributed by atoms with Gasteiger partial charge in [-0.15, -0.1) is 6.58 Å². The summed E-state index contributed by atoms with van der Waals surface area (Å²) in [6.45, 7) is 3.51. The van der Waals surface area contributed by atoms with Crippen molar-refractivity contribution in [3.05, 3.63) is 89.3 Å². The Bertz CT molecular complexity index is 798. The van der Waals surface area contributed by atoms with Gasteiger partial charge in [-0.25, -0.2) is 13.2 Å². The highest BCUT2D eigenvalue weighted by molar-refractivity contribution is 5.37. The first kappa shape index (κ1) is 20.7. The van der Waals surface area contributed by atoms with Gasteiger partial charge in [0.05, 0.1) is 7.11 Å². The van der Waals surface area contributed by atoms with E-state index in [1.54, 1.807) is 18.2 Å². The van der Waals surface area contributed by atoms with Crippen LogP contribution in [0.25, 0.3) is 0 Å². The molecule has 0 bridgehead atoms. The fourth-order valence-corrected chi connectivity index (χ4v) is 2.75. The molecule has 0 aliphatic carbocycles. The molecule has 1 unspecified atom stereocenters. The van der Waals surface area contributed by atoms with Gasteiger partial charge in [-0.1, -0.05) is 30.4 Å². The molecule has 0 saturated carbocycles. The van der Waals surface area contributed by atoms with Crippen LogP contribution in [-0.2, 0) is 6.42 Å². The minimum Gasteiger partial charge on any atom is -0.491 e. The highest BCUT2D eigenvalue weighted by Gasteiger charge is 2.29. The number of allylic oxidation sites excluding steroid dienone is 3. The second-order valence-corrected chi connectivity index (χ2v) is 5.92. The van der Waals surface area contributed by atoms with Crippen molar-refractivity contribution in [3.8, 4) is 5.75 Å². The molecule has 0 spiro atoms. The van der Waals surface area contributed by atoms with Gasteiger partial charge in [-0.05, 0) is 37.0 Å². The van der Waals surface area contributed by atoms with Gasteiger partial charge in [0.25, 0.3) is 0 Å². The molecular formula is C21H19F5O. The molecule has 0 aromatic heterocycles. The maximum Gasteiger partial charge on any atom is 0.204 e. The molecule has 0 fully saturated rings. The summed E-state index contributed by atoms with van der Waals surface area (Å²) in [6.07, 6.45) is 6.05. The van der Waals surface area contributed by atoms with Crippen LogP contribution in [0.1, 0.15) is 29.9 Å². The number of benzene rings is 2. The van der Waals surface area contributed by atoms with E-state index in [1.165, 1.54) is 18.2 Å². The highest BCUT2D eigenvalue weighted by atomic mass is 19.2. The first-order chi connectivity index (χ1) is 12.9. The van der Waals surface area contributed by atoms with Crippen LogP contribution in [-0.4, -0.2) is 7.11 Å². The minimum absolute atomic E-state index is 0.211. The zero-order valence-electron chi connectivity index (χ0n) is 14.7. The topological polar surface area (TPSA) is 9.23 Å². The lowest BCUT2D eigenvalue weighted by Crippen LogP contribution is -2.10. The molecular weight excluding hydrogens is 363 g/mol. The zero-order valence-corrected chi connectivity index (χ0v) is 14.7. The smallest absolute Gasteiger partial charge is 0.204 e. The van der Waals surface area contributed by atoms with Crippen LogP contribution in [0.2, 0.25) is 0 Å². The Hall–Kier alpha value is -2.63. The third kappa shape index (κ3) is 4.76. The van der Waals surface area contributed by atoms with E-state index in [0.29, 0.717) is 12.8 Å². The van der Waals surface area contributed by atoms with E-state index in [2.05, 4.69) is 11.3 Å². The van der Waals surface area contributed by atoms with Gasteiger partial charge in [0.2, 0.25) is 11.6 Å². The molecule has 2 rings (SSSR count). The summed E-state index contributed by atoms with van der Waals surface area (Å²) >= 11 is 0. The Labute approximate surface area is 154 Å². The van der Waals surface area contributed by atoms with E-state index in [-0.39, 0.29) is 12.2 Å². The third-order valence-electron chi connectivity index (χ3n) is 4.19. The SMILES string of the molecule is C=CC(CC/C=C/Cc1ccc(F)cc1)c1c(F)c(F)c(OC)c(F)c1F. The number of methoxy groups -OCH3 is 1. The Morgan fingerprint density at radius 2 is 1.52 bits per heavy atom. The van der Waals surface area contributed by atoms with E-state index < -0.39 is 40.5 Å². The molecule has 0 N–H and O–H groups in total. The molecule has 6 heteroatoms. The van der Waals surface area contributed by atoms with Gasteiger partial charge in [0, 0.05) is 11.5 Å². The normalized spacial score (nSPS) is 12.4. The fourth-order valence-electron chi connectivity index (χ4n) is 2.75. The van der Waals surface area contributed by atoms with Crippen LogP contribution in [0.3, 0.4) is 0 Å². The molecule has 0 aliphatic heterocycles. The monoisotopic (exact) mass is 382 g/mol. The highest BCUT2D eigenvalue weighted by Crippen LogP contribution is 2.35. The molecule has 1 atom stereocenters. The average Bonchev–Trinajstić information content (AvgIpc) is 2.66. The summed E-state index contributed by atoms with van der Waals surface area (Å²) in [4.78, 5) is 0. The van der Waals surface area contributed by atoms with Gasteiger partial charge in [-0.2, -0.15) is 8.78 Å². The van der Waals surface area contributed by atoms with E-state index >= 15 is 0 Å². The van der Waals surface area contributed by atoms with Crippen LogP contribution in [0.4, 0.5) is 22.0 Å². The van der Waals surface area contributed by atoms with Crippen LogP contribution >= 0.6 is 0 Å². The molecule has 27 heavy (non-hydrogen) atoms. The van der Waals surface area contributed by atoms with E-state index in [0.717, 1.165) is 12.7 Å². The quantitative estimate of drug-likeness (QED) is 0.298. The molecule has 0 heterocycles. The van der Waals surface area contributed by atoms with Crippen LogP contribution < -0.4 is 4.74 Å². The van der Waals surface area contributed by atoms with Crippen molar-refractivity contribution in [1.82, 2.24) is 0 Å².